The molecule has 0 aliphatic rings. The van der Waals surface area contributed by atoms with Crippen LogP contribution in [0.3, 0.4) is 0 Å². The summed E-state index contributed by atoms with van der Waals surface area (Å²) in [6.45, 7) is 4.93. The van der Waals surface area contributed by atoms with Crippen molar-refractivity contribution in [3.63, 3.8) is 0 Å². The Hall–Kier alpha value is -3.13. The molecule has 0 bridgehead atoms. The van der Waals surface area contributed by atoms with E-state index in [-0.39, 0.29) is 5.75 Å². The molecule has 1 N–H and O–H groups in total. The minimum Gasteiger partial charge on any atom is -0.435 e. The fourth-order valence-corrected chi connectivity index (χ4v) is 4.15. The lowest BCUT2D eigenvalue weighted by Gasteiger charge is -2.35. The summed E-state index contributed by atoms with van der Waals surface area (Å²) in [6.07, 6.45) is -13.0. The number of rotatable bonds is 6. The molecule has 0 saturated carbocycles. The molecule has 2 rings (SSSR count). The molecule has 0 radical (unpaired) electrons. The second kappa shape index (κ2) is 9.49. The first-order valence-corrected chi connectivity index (χ1v) is 11.1. The third-order valence-electron chi connectivity index (χ3n) is 4.73. The van der Waals surface area contributed by atoms with Gasteiger partial charge in [0.15, 0.2) is 0 Å². The van der Waals surface area contributed by atoms with E-state index in [4.69, 9.17) is 9.29 Å². The van der Waals surface area contributed by atoms with Gasteiger partial charge in [-0.2, -0.15) is 34.8 Å². The van der Waals surface area contributed by atoms with E-state index in [1.165, 1.54) is 0 Å². The van der Waals surface area contributed by atoms with Crippen LogP contribution in [0.15, 0.2) is 36.4 Å². The molecule has 192 valence electrons. The van der Waals surface area contributed by atoms with Crippen LogP contribution < -0.4 is 4.74 Å². The normalized spacial score (nSPS) is 12.9. The fourth-order valence-electron chi connectivity index (χ4n) is 3.25. The number of ether oxygens (including phenoxy) is 2. The number of hydrogen-bond donors (Lipinski definition) is 1. The van der Waals surface area contributed by atoms with E-state index in [0.717, 1.165) is 23.8 Å². The number of carbonyl (C=O) groups excluding carboxylic acids is 2. The smallest absolute Gasteiger partial charge is 0.435 e. The molecule has 0 fully saturated rings. The van der Waals surface area contributed by atoms with Crippen LogP contribution in [0.5, 0.6) is 5.75 Å². The number of hydrogen-bond acceptors (Lipinski definition) is 6. The highest BCUT2D eigenvalue weighted by Gasteiger charge is 2.76. The molecule has 0 aromatic heterocycles. The third-order valence-corrected chi connectivity index (χ3v) is 5.51. The summed E-state index contributed by atoms with van der Waals surface area (Å²) < 4.78 is 121. The molecule has 0 atom stereocenters. The van der Waals surface area contributed by atoms with Gasteiger partial charge in [-0.3, -0.25) is 4.55 Å². The Kier molecular flexibility index (Phi) is 7.62. The SMILES string of the molecule is Cc1cc(C)c(OC(=O)c2ccccc2C(=O)OC(CS(=O)(=O)O)(C(F)(F)F)C(F)(F)F)c(C)c1. The zero-order chi connectivity index (χ0) is 27.0. The maximum absolute atomic E-state index is 13.5. The van der Waals surface area contributed by atoms with Crippen molar-refractivity contribution in [1.82, 2.24) is 0 Å². The van der Waals surface area contributed by atoms with Gasteiger partial charge in [0.05, 0.1) is 11.1 Å². The van der Waals surface area contributed by atoms with Gasteiger partial charge in [-0.25, -0.2) is 9.59 Å². The van der Waals surface area contributed by atoms with E-state index < -0.39 is 56.9 Å². The van der Waals surface area contributed by atoms with E-state index in [9.17, 15) is 44.3 Å². The van der Waals surface area contributed by atoms with Crippen molar-refractivity contribution in [2.24, 2.45) is 0 Å². The molecule has 2 aromatic rings. The molecule has 2 aromatic carbocycles. The topological polar surface area (TPSA) is 107 Å². The standard InChI is InChI=1S/C21H18F6O7S/c1-11-8-12(2)16(13(3)9-11)33-17(28)14-6-4-5-7-15(14)18(29)34-19(20(22,23)24,21(25,26)27)10-35(30,31)32/h4-9H,10H2,1-3H3,(H,30,31,32). The summed E-state index contributed by atoms with van der Waals surface area (Å²) in [5.74, 6) is -6.62. The van der Waals surface area contributed by atoms with Crippen LogP contribution in [0.1, 0.15) is 37.4 Å². The van der Waals surface area contributed by atoms with Gasteiger partial charge < -0.3 is 9.47 Å². The molecular formula is C21H18F6O7S. The summed E-state index contributed by atoms with van der Waals surface area (Å²) in [5.41, 5.74) is -5.64. The van der Waals surface area contributed by atoms with Gasteiger partial charge in [0.1, 0.15) is 11.5 Å². The van der Waals surface area contributed by atoms with E-state index in [0.29, 0.717) is 17.2 Å². The van der Waals surface area contributed by atoms with Crippen LogP contribution in [-0.2, 0) is 14.9 Å². The highest BCUT2D eigenvalue weighted by molar-refractivity contribution is 7.85. The molecule has 0 saturated heterocycles. The zero-order valence-corrected chi connectivity index (χ0v) is 19.1. The number of aryl methyl sites for hydroxylation is 3. The summed E-state index contributed by atoms with van der Waals surface area (Å²) in [4.78, 5) is 25.2. The monoisotopic (exact) mass is 528 g/mol. The van der Waals surface area contributed by atoms with Gasteiger partial charge in [0.25, 0.3) is 10.1 Å². The Bertz CT molecular complexity index is 1210. The first-order chi connectivity index (χ1) is 15.8. The van der Waals surface area contributed by atoms with Crippen molar-refractivity contribution in [1.29, 1.82) is 0 Å². The lowest BCUT2D eigenvalue weighted by atomic mass is 10.0. The van der Waals surface area contributed by atoms with Crippen molar-refractivity contribution in [2.45, 2.75) is 38.7 Å². The van der Waals surface area contributed by atoms with Crippen molar-refractivity contribution in [3.05, 3.63) is 64.2 Å². The molecular weight excluding hydrogens is 510 g/mol. The molecule has 0 aliphatic carbocycles. The summed E-state index contributed by atoms with van der Waals surface area (Å²) in [5, 5.41) is 0. The van der Waals surface area contributed by atoms with Crippen molar-refractivity contribution in [3.8, 4) is 5.75 Å². The van der Waals surface area contributed by atoms with Crippen LogP contribution in [0.25, 0.3) is 0 Å². The molecule has 0 unspecified atom stereocenters. The molecule has 14 heteroatoms. The number of carbonyl (C=O) groups is 2. The molecule has 0 spiro atoms. The first kappa shape index (κ1) is 28.1. The first-order valence-electron chi connectivity index (χ1n) is 9.50. The lowest BCUT2D eigenvalue weighted by Crippen LogP contribution is -2.63. The molecule has 0 aliphatic heterocycles. The maximum Gasteiger partial charge on any atom is 0.438 e. The van der Waals surface area contributed by atoms with Crippen LogP contribution in [-0.4, -0.2) is 48.6 Å². The van der Waals surface area contributed by atoms with Crippen molar-refractivity contribution in [2.75, 3.05) is 5.75 Å². The van der Waals surface area contributed by atoms with Crippen molar-refractivity contribution >= 4 is 22.1 Å². The number of esters is 2. The van der Waals surface area contributed by atoms with Crippen molar-refractivity contribution < 1.29 is 58.4 Å². The molecule has 7 nitrogen and oxygen atoms in total. The Morgan fingerprint density at radius 1 is 0.857 bits per heavy atom. The number of halogens is 6. The van der Waals surface area contributed by atoms with Gasteiger partial charge in [0.2, 0.25) is 0 Å². The van der Waals surface area contributed by atoms with Gasteiger partial charge in [0, 0.05) is 0 Å². The molecule has 0 heterocycles. The van der Waals surface area contributed by atoms with Gasteiger partial charge in [-0.05, 0) is 44.0 Å². The summed E-state index contributed by atoms with van der Waals surface area (Å²) >= 11 is 0. The zero-order valence-electron chi connectivity index (χ0n) is 18.2. The van der Waals surface area contributed by atoms with Crippen LogP contribution in [0.4, 0.5) is 26.3 Å². The third kappa shape index (κ3) is 6.11. The summed E-state index contributed by atoms with van der Waals surface area (Å²) in [6, 6.07) is 7.04. The number of benzene rings is 2. The van der Waals surface area contributed by atoms with Crippen LogP contribution >= 0.6 is 0 Å². The Labute approximate surface area is 195 Å². The largest absolute Gasteiger partial charge is 0.438 e. The predicted molar refractivity (Wildman–Crippen MR) is 109 cm³/mol. The molecule has 35 heavy (non-hydrogen) atoms. The fraction of sp³-hybridized carbons (Fsp3) is 0.333. The Morgan fingerprint density at radius 3 is 1.69 bits per heavy atom. The van der Waals surface area contributed by atoms with Gasteiger partial charge in [-0.1, -0.05) is 29.8 Å². The van der Waals surface area contributed by atoms with Gasteiger partial charge >= 0.3 is 29.9 Å². The summed E-state index contributed by atoms with van der Waals surface area (Å²) in [7, 11) is -5.96. The lowest BCUT2D eigenvalue weighted by molar-refractivity contribution is -0.356. The van der Waals surface area contributed by atoms with Gasteiger partial charge in [-0.15, -0.1) is 0 Å². The minimum absolute atomic E-state index is 0.0510. The van der Waals surface area contributed by atoms with Crippen LogP contribution in [0, 0.1) is 20.8 Å². The average molecular weight is 528 g/mol. The van der Waals surface area contributed by atoms with E-state index in [1.54, 1.807) is 32.9 Å². The Balaban J connectivity index is 2.54. The second-order valence-corrected chi connectivity index (χ2v) is 9.05. The maximum atomic E-state index is 13.5. The predicted octanol–water partition coefficient (Wildman–Crippen LogP) is 4.74. The van der Waals surface area contributed by atoms with E-state index in [1.807, 2.05) is 0 Å². The highest BCUT2D eigenvalue weighted by Crippen LogP contribution is 2.47. The average Bonchev–Trinajstić information content (AvgIpc) is 2.67. The van der Waals surface area contributed by atoms with E-state index >= 15 is 0 Å². The number of alkyl halides is 6. The van der Waals surface area contributed by atoms with Crippen LogP contribution in [0.2, 0.25) is 0 Å². The molecule has 0 amide bonds. The quantitative estimate of drug-likeness (QED) is 0.250. The van der Waals surface area contributed by atoms with E-state index in [2.05, 4.69) is 4.74 Å². The second-order valence-electron chi connectivity index (χ2n) is 7.60. The Morgan fingerprint density at radius 2 is 1.29 bits per heavy atom. The minimum atomic E-state index is -6.51. The highest BCUT2D eigenvalue weighted by atomic mass is 32.2.